The van der Waals surface area contributed by atoms with Crippen LogP contribution in [0.5, 0.6) is 0 Å². The summed E-state index contributed by atoms with van der Waals surface area (Å²) in [7, 11) is 0. The fraction of sp³-hybridized carbons (Fsp3) is 0.933. The van der Waals surface area contributed by atoms with Crippen LogP contribution in [0.1, 0.15) is 113 Å². The number of ether oxygens (including phenoxy) is 1. The molecule has 5 rings (SSSR count). The second-order valence-corrected chi connectivity index (χ2v) is 15.2. The summed E-state index contributed by atoms with van der Waals surface area (Å²) >= 11 is 0. The summed E-state index contributed by atoms with van der Waals surface area (Å²) in [6.45, 7) is 16.9. The molecule has 34 heavy (non-hydrogen) atoms. The Morgan fingerprint density at radius 1 is 0.824 bits per heavy atom. The molecule has 0 bridgehead atoms. The first-order chi connectivity index (χ1) is 15.7. The van der Waals surface area contributed by atoms with Crippen molar-refractivity contribution in [2.24, 2.45) is 56.2 Å². The summed E-state index contributed by atoms with van der Waals surface area (Å²) in [4.78, 5) is 25.5. The van der Waals surface area contributed by atoms with Crippen molar-refractivity contribution in [3.8, 4) is 0 Å². The molecule has 0 unspecified atom stereocenters. The SMILES string of the molecule is C[C@H]1C(=O)OC(=O)C[C@@H]2[C@]1(C)CC[C@H]1[C@@]2(CO)CC[C@@]2(C)[C@@H]3CC(C)(C)CC[C@]3(C)CC[C@]12C. The number of cyclic esters (lactones) is 2. The first-order valence-corrected chi connectivity index (χ1v) is 14.0. The highest BCUT2D eigenvalue weighted by Crippen LogP contribution is 2.78. The molecule has 4 saturated carbocycles. The van der Waals surface area contributed by atoms with Crippen molar-refractivity contribution in [1.82, 2.24) is 0 Å². The van der Waals surface area contributed by atoms with Gasteiger partial charge in [0.1, 0.15) is 0 Å². The zero-order valence-electron chi connectivity index (χ0n) is 22.8. The van der Waals surface area contributed by atoms with Gasteiger partial charge < -0.3 is 9.84 Å². The van der Waals surface area contributed by atoms with Gasteiger partial charge in [-0.1, -0.05) is 48.5 Å². The van der Waals surface area contributed by atoms with Crippen molar-refractivity contribution in [1.29, 1.82) is 0 Å². The lowest BCUT2D eigenvalue weighted by atomic mass is 9.30. The minimum Gasteiger partial charge on any atom is -0.396 e. The van der Waals surface area contributed by atoms with E-state index in [1.54, 1.807) is 0 Å². The van der Waals surface area contributed by atoms with Gasteiger partial charge in [0.25, 0.3) is 0 Å². The number of hydrogen-bond acceptors (Lipinski definition) is 4. The first-order valence-electron chi connectivity index (χ1n) is 14.0. The molecule has 1 saturated heterocycles. The third-order valence-corrected chi connectivity index (χ3v) is 13.5. The lowest BCUT2D eigenvalue weighted by Crippen LogP contribution is -2.68. The zero-order valence-corrected chi connectivity index (χ0v) is 22.8. The van der Waals surface area contributed by atoms with Crippen LogP contribution in [0.25, 0.3) is 0 Å². The maximum absolute atomic E-state index is 12.8. The molecule has 0 aromatic heterocycles. The number of carbonyl (C=O) groups excluding carboxylic acids is 2. The Morgan fingerprint density at radius 3 is 2.12 bits per heavy atom. The molecule has 192 valence electrons. The van der Waals surface area contributed by atoms with E-state index in [4.69, 9.17) is 4.74 Å². The van der Waals surface area contributed by atoms with Crippen LogP contribution in [-0.4, -0.2) is 23.7 Å². The van der Waals surface area contributed by atoms with Gasteiger partial charge in [-0.15, -0.1) is 0 Å². The van der Waals surface area contributed by atoms with Crippen LogP contribution in [0.3, 0.4) is 0 Å². The van der Waals surface area contributed by atoms with Crippen molar-refractivity contribution in [3.63, 3.8) is 0 Å². The van der Waals surface area contributed by atoms with Gasteiger partial charge in [0, 0.05) is 12.0 Å². The smallest absolute Gasteiger partial charge is 0.316 e. The summed E-state index contributed by atoms with van der Waals surface area (Å²) < 4.78 is 5.25. The molecule has 4 nitrogen and oxygen atoms in total. The van der Waals surface area contributed by atoms with Crippen molar-refractivity contribution in [3.05, 3.63) is 0 Å². The monoisotopic (exact) mass is 472 g/mol. The summed E-state index contributed by atoms with van der Waals surface area (Å²) in [5.41, 5.74) is 0.569. The average molecular weight is 473 g/mol. The molecule has 5 fully saturated rings. The van der Waals surface area contributed by atoms with E-state index in [0.29, 0.717) is 22.7 Å². The largest absolute Gasteiger partial charge is 0.396 e. The molecule has 4 aliphatic carbocycles. The van der Waals surface area contributed by atoms with E-state index >= 15 is 0 Å². The molecule has 9 atom stereocenters. The molecule has 5 aliphatic rings. The van der Waals surface area contributed by atoms with Gasteiger partial charge in [0.15, 0.2) is 0 Å². The number of rotatable bonds is 1. The summed E-state index contributed by atoms with van der Waals surface area (Å²) in [5, 5.41) is 11.2. The minimum atomic E-state index is -0.386. The number of esters is 2. The Balaban J connectivity index is 1.60. The molecule has 0 amide bonds. The van der Waals surface area contributed by atoms with Crippen LogP contribution in [0.4, 0.5) is 0 Å². The minimum absolute atomic E-state index is 0.00446. The third kappa shape index (κ3) is 2.99. The lowest BCUT2D eigenvalue weighted by molar-refractivity contribution is -0.264. The first kappa shape index (κ1) is 24.8. The van der Waals surface area contributed by atoms with E-state index in [2.05, 4.69) is 41.5 Å². The van der Waals surface area contributed by atoms with Gasteiger partial charge in [-0.05, 0) is 103 Å². The lowest BCUT2D eigenvalue weighted by Gasteiger charge is -2.74. The zero-order chi connectivity index (χ0) is 24.9. The van der Waals surface area contributed by atoms with Gasteiger partial charge in [-0.25, -0.2) is 0 Å². The number of carbonyl (C=O) groups is 2. The van der Waals surface area contributed by atoms with Crippen LogP contribution in [0.2, 0.25) is 0 Å². The molecule has 4 heteroatoms. The van der Waals surface area contributed by atoms with Gasteiger partial charge in [0.05, 0.1) is 12.3 Å². The molecule has 1 aliphatic heterocycles. The van der Waals surface area contributed by atoms with Gasteiger partial charge in [0.2, 0.25) is 0 Å². The standard InChI is InChI=1S/C30H48O4/c1-19-24(33)34-23(32)16-21-27(19,5)9-8-20-28(6)13-12-26(4)11-10-25(2,3)17-22(26)29(28,7)14-15-30(20,21)18-31/h19-22,31H,8-18H2,1-7H3/t19-,20+,21+,22+,26+,27+,28+,29-,30-/m0/s1. The van der Waals surface area contributed by atoms with E-state index in [9.17, 15) is 14.7 Å². The summed E-state index contributed by atoms with van der Waals surface area (Å²) in [6.07, 6.45) is 10.8. The quantitative estimate of drug-likeness (QED) is 0.348. The summed E-state index contributed by atoms with van der Waals surface area (Å²) in [5.74, 6) is 0.00388. The van der Waals surface area contributed by atoms with E-state index in [-0.39, 0.29) is 58.5 Å². The van der Waals surface area contributed by atoms with E-state index in [1.807, 2.05) is 6.92 Å². The maximum Gasteiger partial charge on any atom is 0.316 e. The van der Waals surface area contributed by atoms with Crippen molar-refractivity contribution in [2.75, 3.05) is 6.61 Å². The Kier molecular flexibility index (Phi) is 5.34. The predicted molar refractivity (Wildman–Crippen MR) is 133 cm³/mol. The van der Waals surface area contributed by atoms with Crippen LogP contribution >= 0.6 is 0 Å². The Hall–Kier alpha value is -0.900. The van der Waals surface area contributed by atoms with Gasteiger partial charge >= 0.3 is 11.9 Å². The fourth-order valence-electron chi connectivity index (χ4n) is 10.8. The third-order valence-electron chi connectivity index (χ3n) is 13.5. The molecule has 1 N–H and O–H groups in total. The number of aliphatic hydroxyl groups excluding tert-OH is 1. The van der Waals surface area contributed by atoms with Crippen molar-refractivity contribution < 1.29 is 19.4 Å². The Bertz CT molecular complexity index is 894. The van der Waals surface area contributed by atoms with Crippen LogP contribution < -0.4 is 0 Å². The molecule has 0 spiro atoms. The van der Waals surface area contributed by atoms with Crippen LogP contribution in [0, 0.1) is 56.2 Å². The second kappa shape index (κ2) is 7.33. The fourth-order valence-corrected chi connectivity index (χ4v) is 10.8. The highest BCUT2D eigenvalue weighted by atomic mass is 16.6. The topological polar surface area (TPSA) is 63.6 Å². The van der Waals surface area contributed by atoms with Crippen LogP contribution in [-0.2, 0) is 14.3 Å². The molecule has 0 aromatic carbocycles. The van der Waals surface area contributed by atoms with Gasteiger partial charge in [-0.3, -0.25) is 9.59 Å². The Labute approximate surface area is 207 Å². The highest BCUT2D eigenvalue weighted by Gasteiger charge is 2.72. The molecular formula is C30H48O4. The van der Waals surface area contributed by atoms with E-state index in [0.717, 1.165) is 25.7 Å². The number of aliphatic hydroxyl groups is 1. The summed E-state index contributed by atoms with van der Waals surface area (Å²) in [6, 6.07) is 0. The molecule has 1 heterocycles. The number of hydrogen-bond donors (Lipinski definition) is 1. The predicted octanol–water partition coefficient (Wildman–Crippen LogP) is 6.54. The maximum atomic E-state index is 12.8. The van der Waals surface area contributed by atoms with Crippen LogP contribution in [0.15, 0.2) is 0 Å². The van der Waals surface area contributed by atoms with Gasteiger partial charge in [-0.2, -0.15) is 0 Å². The molecule has 0 aromatic rings. The highest BCUT2D eigenvalue weighted by molar-refractivity contribution is 5.88. The number of fused-ring (bicyclic) bond motifs is 7. The van der Waals surface area contributed by atoms with Crippen molar-refractivity contribution in [2.45, 2.75) is 113 Å². The second-order valence-electron chi connectivity index (χ2n) is 15.2. The van der Waals surface area contributed by atoms with Crippen molar-refractivity contribution >= 4 is 11.9 Å². The molecular weight excluding hydrogens is 424 g/mol. The Morgan fingerprint density at radius 2 is 1.44 bits per heavy atom. The normalized spacial score (nSPS) is 54.6. The molecule has 0 radical (unpaired) electrons. The van der Waals surface area contributed by atoms with E-state index in [1.165, 1.54) is 32.1 Å². The average Bonchev–Trinajstić information content (AvgIpc) is 2.85. The van der Waals surface area contributed by atoms with E-state index < -0.39 is 0 Å².